The summed E-state index contributed by atoms with van der Waals surface area (Å²) in [6.45, 7) is 1.97. The highest BCUT2D eigenvalue weighted by atomic mass is 79.9. The molecule has 2 aromatic carbocycles. The third-order valence-corrected chi connectivity index (χ3v) is 6.40. The highest BCUT2D eigenvalue weighted by Crippen LogP contribution is 2.40. The predicted molar refractivity (Wildman–Crippen MR) is 125 cm³/mol. The molecule has 0 aliphatic rings. The maximum absolute atomic E-state index is 12.5. The molecule has 2 N–H and O–H groups in total. The van der Waals surface area contributed by atoms with Gasteiger partial charge in [-0.3, -0.25) is 0 Å². The third kappa shape index (κ3) is 4.55. The van der Waals surface area contributed by atoms with Gasteiger partial charge in [-0.2, -0.15) is 0 Å². The van der Waals surface area contributed by atoms with Gasteiger partial charge in [-0.25, -0.2) is 4.79 Å². The first-order valence-corrected chi connectivity index (χ1v) is 10.6. The van der Waals surface area contributed by atoms with Gasteiger partial charge in [-0.1, -0.05) is 41.9 Å². The van der Waals surface area contributed by atoms with E-state index >= 15 is 0 Å². The van der Waals surface area contributed by atoms with Gasteiger partial charge < -0.3 is 15.4 Å². The van der Waals surface area contributed by atoms with Gasteiger partial charge in [0.2, 0.25) is 0 Å². The number of rotatable bonds is 4. The highest BCUT2D eigenvalue weighted by molar-refractivity contribution is 9.10. The molecular weight excluding hydrogens is 480 g/mol. The van der Waals surface area contributed by atoms with Crippen LogP contribution in [-0.2, 0) is 4.74 Å². The number of anilines is 2. The zero-order chi connectivity index (χ0) is 20.3. The molecule has 1 heterocycles. The lowest BCUT2D eigenvalue weighted by Crippen LogP contribution is -2.20. The lowest BCUT2D eigenvalue weighted by molar-refractivity contribution is 0.0603. The molecule has 0 unspecified atom stereocenters. The summed E-state index contributed by atoms with van der Waals surface area (Å²) in [4.78, 5) is 13.5. The van der Waals surface area contributed by atoms with Crippen LogP contribution in [0.4, 0.5) is 10.7 Å². The average Bonchev–Trinajstić information content (AvgIpc) is 3.00. The van der Waals surface area contributed by atoms with Crippen molar-refractivity contribution in [2.75, 3.05) is 17.7 Å². The summed E-state index contributed by atoms with van der Waals surface area (Å²) < 4.78 is 5.82. The number of aryl methyl sites for hydroxylation is 1. The molecular formula is C20H16BrClN2O2S2. The van der Waals surface area contributed by atoms with Crippen LogP contribution in [0.5, 0.6) is 0 Å². The smallest absolute Gasteiger partial charge is 0.341 e. The maximum atomic E-state index is 12.5. The summed E-state index contributed by atoms with van der Waals surface area (Å²) in [5, 5.41) is 7.75. The molecule has 28 heavy (non-hydrogen) atoms. The number of nitrogens with one attached hydrogen (secondary N) is 2. The van der Waals surface area contributed by atoms with E-state index in [4.69, 9.17) is 28.6 Å². The van der Waals surface area contributed by atoms with Crippen LogP contribution in [0, 0.1) is 6.92 Å². The Labute approximate surface area is 186 Å². The van der Waals surface area contributed by atoms with Gasteiger partial charge in [0.1, 0.15) is 10.6 Å². The van der Waals surface area contributed by atoms with E-state index in [9.17, 15) is 4.79 Å². The zero-order valence-corrected chi connectivity index (χ0v) is 19.0. The SMILES string of the molecule is COC(=O)c1c(NC(=S)Nc2ccc(Br)c(Cl)c2)sc(C)c1-c1ccccc1. The number of benzene rings is 2. The van der Waals surface area contributed by atoms with Crippen LogP contribution < -0.4 is 10.6 Å². The van der Waals surface area contributed by atoms with E-state index in [1.165, 1.54) is 18.4 Å². The van der Waals surface area contributed by atoms with Gasteiger partial charge in [0.05, 0.1) is 12.1 Å². The van der Waals surface area contributed by atoms with E-state index in [2.05, 4.69) is 26.6 Å². The molecule has 0 aliphatic heterocycles. The van der Waals surface area contributed by atoms with Crippen molar-refractivity contribution in [2.24, 2.45) is 0 Å². The summed E-state index contributed by atoms with van der Waals surface area (Å²) >= 11 is 16.4. The predicted octanol–water partition coefficient (Wildman–Crippen LogP) is 6.73. The number of hydrogen-bond acceptors (Lipinski definition) is 4. The molecule has 0 saturated carbocycles. The minimum Gasteiger partial charge on any atom is -0.465 e. The van der Waals surface area contributed by atoms with Crippen LogP contribution in [0.3, 0.4) is 0 Å². The third-order valence-electron chi connectivity index (χ3n) is 3.94. The molecule has 0 fully saturated rings. The summed E-state index contributed by atoms with van der Waals surface area (Å²) in [5.74, 6) is -0.416. The van der Waals surface area contributed by atoms with Crippen LogP contribution in [0.1, 0.15) is 15.2 Å². The van der Waals surface area contributed by atoms with E-state index in [1.807, 2.05) is 49.4 Å². The number of thiophene rings is 1. The Morgan fingerprint density at radius 1 is 1.18 bits per heavy atom. The first-order chi connectivity index (χ1) is 13.4. The van der Waals surface area contributed by atoms with E-state index in [-0.39, 0.29) is 0 Å². The largest absolute Gasteiger partial charge is 0.465 e. The Bertz CT molecular complexity index is 1040. The van der Waals surface area contributed by atoms with Crippen molar-refractivity contribution in [2.45, 2.75) is 6.92 Å². The molecule has 0 atom stereocenters. The Kier molecular flexibility index (Phi) is 6.72. The van der Waals surface area contributed by atoms with Gasteiger partial charge >= 0.3 is 5.97 Å². The molecule has 0 amide bonds. The fraction of sp³-hybridized carbons (Fsp3) is 0.100. The normalized spacial score (nSPS) is 10.4. The van der Waals surface area contributed by atoms with Crippen LogP contribution in [0.2, 0.25) is 5.02 Å². The Balaban J connectivity index is 1.92. The topological polar surface area (TPSA) is 50.4 Å². The number of methoxy groups -OCH3 is 1. The second kappa shape index (κ2) is 9.05. The number of halogens is 2. The Morgan fingerprint density at radius 2 is 1.89 bits per heavy atom. The van der Waals surface area contributed by atoms with Gasteiger partial charge in [-0.05, 0) is 58.8 Å². The molecule has 4 nitrogen and oxygen atoms in total. The molecule has 0 bridgehead atoms. The molecule has 8 heteroatoms. The lowest BCUT2D eigenvalue weighted by Gasteiger charge is -2.12. The van der Waals surface area contributed by atoms with E-state index in [0.717, 1.165) is 26.2 Å². The molecule has 0 saturated heterocycles. The molecule has 3 aromatic rings. The van der Waals surface area contributed by atoms with Crippen molar-refractivity contribution in [1.29, 1.82) is 0 Å². The molecule has 0 spiro atoms. The number of hydrogen-bond donors (Lipinski definition) is 2. The van der Waals surface area contributed by atoms with Crippen molar-refractivity contribution in [3.8, 4) is 11.1 Å². The monoisotopic (exact) mass is 494 g/mol. The summed E-state index contributed by atoms with van der Waals surface area (Å²) in [6.07, 6.45) is 0. The van der Waals surface area contributed by atoms with Crippen molar-refractivity contribution in [3.05, 3.63) is 68.5 Å². The highest BCUT2D eigenvalue weighted by Gasteiger charge is 2.24. The zero-order valence-electron chi connectivity index (χ0n) is 15.0. The average molecular weight is 496 g/mol. The lowest BCUT2D eigenvalue weighted by atomic mass is 10.0. The summed E-state index contributed by atoms with van der Waals surface area (Å²) in [7, 11) is 1.37. The first-order valence-electron chi connectivity index (χ1n) is 8.21. The number of carbonyl (C=O) groups excluding carboxylic acids is 1. The van der Waals surface area contributed by atoms with Crippen molar-refractivity contribution in [3.63, 3.8) is 0 Å². The number of esters is 1. The Morgan fingerprint density at radius 3 is 2.54 bits per heavy atom. The quantitative estimate of drug-likeness (QED) is 0.310. The van der Waals surface area contributed by atoms with Crippen molar-refractivity contribution >= 4 is 72.9 Å². The second-order valence-electron chi connectivity index (χ2n) is 5.80. The van der Waals surface area contributed by atoms with Crippen LogP contribution in [0.15, 0.2) is 53.0 Å². The first kappa shape index (κ1) is 20.8. The van der Waals surface area contributed by atoms with Gasteiger partial charge in [-0.15, -0.1) is 11.3 Å². The molecule has 3 rings (SSSR count). The van der Waals surface area contributed by atoms with Crippen molar-refractivity contribution in [1.82, 2.24) is 0 Å². The van der Waals surface area contributed by atoms with Gasteiger partial charge in [0.25, 0.3) is 0 Å². The van der Waals surface area contributed by atoms with E-state index < -0.39 is 5.97 Å². The molecule has 144 valence electrons. The molecule has 1 aromatic heterocycles. The van der Waals surface area contributed by atoms with Gasteiger partial charge in [0, 0.05) is 20.6 Å². The maximum Gasteiger partial charge on any atom is 0.341 e. The minimum atomic E-state index is -0.416. The fourth-order valence-corrected chi connectivity index (χ4v) is 4.50. The minimum absolute atomic E-state index is 0.351. The van der Waals surface area contributed by atoms with Gasteiger partial charge in [0.15, 0.2) is 5.11 Å². The van der Waals surface area contributed by atoms with Crippen LogP contribution in [0.25, 0.3) is 11.1 Å². The second-order valence-corrected chi connectivity index (χ2v) is 8.70. The number of ether oxygens (including phenoxy) is 1. The van der Waals surface area contributed by atoms with Crippen LogP contribution >= 0.6 is 51.1 Å². The standard InChI is InChI=1S/C20H16BrClN2O2S2/c1-11-16(12-6-4-3-5-7-12)17(19(25)26-2)18(28-11)24-20(27)23-13-8-9-14(21)15(22)10-13/h3-10H,1-2H3,(H2,23,24,27). The summed E-state index contributed by atoms with van der Waals surface area (Å²) in [5.41, 5.74) is 2.99. The number of thiocarbonyl (C=S) groups is 1. The molecule has 0 aliphatic carbocycles. The van der Waals surface area contributed by atoms with Crippen molar-refractivity contribution < 1.29 is 9.53 Å². The fourth-order valence-electron chi connectivity index (χ4n) is 2.72. The van der Waals surface area contributed by atoms with Crippen LogP contribution in [-0.4, -0.2) is 18.2 Å². The van der Waals surface area contributed by atoms with E-state index in [1.54, 1.807) is 6.07 Å². The molecule has 0 radical (unpaired) electrons. The van der Waals surface area contributed by atoms with E-state index in [0.29, 0.717) is 20.7 Å². The summed E-state index contributed by atoms with van der Waals surface area (Å²) in [6, 6.07) is 15.2. The number of carbonyl (C=O) groups is 1. The Hall–Kier alpha value is -1.93.